The molecule has 0 heterocycles. The zero-order valence-corrected chi connectivity index (χ0v) is 11.8. The quantitative estimate of drug-likeness (QED) is 0.576. The molecule has 4 heteroatoms. The molecule has 0 aliphatic heterocycles. The van der Waals surface area contributed by atoms with Gasteiger partial charge in [0.1, 0.15) is 0 Å². The van der Waals surface area contributed by atoms with Crippen molar-refractivity contribution in [2.75, 3.05) is 12.4 Å². The van der Waals surface area contributed by atoms with Crippen LogP contribution in [-0.2, 0) is 15.7 Å². The molecule has 0 aliphatic carbocycles. The fourth-order valence-electron chi connectivity index (χ4n) is 1.47. The van der Waals surface area contributed by atoms with Crippen LogP contribution in [0, 0.1) is 0 Å². The third-order valence-electron chi connectivity index (χ3n) is 2.59. The van der Waals surface area contributed by atoms with Crippen molar-refractivity contribution >= 4 is 7.37 Å². The Morgan fingerprint density at radius 3 is 2.61 bits per heavy atom. The van der Waals surface area contributed by atoms with Gasteiger partial charge in [0.2, 0.25) is 7.37 Å². The number of hydrogen-bond donors (Lipinski definition) is 1. The normalized spacial score (nSPS) is 14.8. The lowest BCUT2D eigenvalue weighted by molar-refractivity contribution is 0.304. The molecule has 0 spiro atoms. The topological polar surface area (TPSA) is 52.3 Å². The molecular weight excluding hydrogens is 245 g/mol. The van der Waals surface area contributed by atoms with Gasteiger partial charge in [-0.05, 0) is 12.0 Å². The summed E-state index contributed by atoms with van der Waals surface area (Å²) in [7, 11) is -2.71. The second-order valence-corrected chi connectivity index (χ2v) is 6.82. The van der Waals surface area contributed by atoms with Gasteiger partial charge in [0.25, 0.3) is 0 Å². The number of unbranched alkanes of at least 4 members (excludes halogenated alkanes) is 1. The van der Waals surface area contributed by atoms with Crippen LogP contribution in [0.1, 0.15) is 25.3 Å². The lowest BCUT2D eigenvalue weighted by atomic mass is 10.2. The first kappa shape index (κ1) is 15.2. The van der Waals surface area contributed by atoms with Crippen LogP contribution in [0.25, 0.3) is 0 Å². The minimum absolute atomic E-state index is 0.0936. The first-order valence-electron chi connectivity index (χ1n) is 6.32. The van der Waals surface area contributed by atoms with Crippen LogP contribution in [-0.4, -0.2) is 12.4 Å². The molecule has 100 valence electrons. The summed E-state index contributed by atoms with van der Waals surface area (Å²) in [4.78, 5) is 0. The Hall–Kier alpha value is -0.890. The fraction of sp³-hybridized carbons (Fsp3) is 0.429. The molecule has 0 aliphatic rings. The van der Waals surface area contributed by atoms with Crippen molar-refractivity contribution in [3.05, 3.63) is 48.0 Å². The van der Waals surface area contributed by atoms with E-state index in [9.17, 15) is 4.57 Å². The maximum Gasteiger partial charge on any atom is 0.220 e. The second kappa shape index (κ2) is 8.25. The molecule has 0 amide bonds. The highest BCUT2D eigenvalue weighted by molar-refractivity contribution is 7.59. The van der Waals surface area contributed by atoms with Crippen molar-refractivity contribution in [1.29, 1.82) is 0 Å². The van der Waals surface area contributed by atoms with Crippen LogP contribution in [0.2, 0.25) is 0 Å². The van der Waals surface area contributed by atoms with Crippen molar-refractivity contribution < 1.29 is 9.09 Å². The average Bonchev–Trinajstić information content (AvgIpc) is 2.43. The summed E-state index contributed by atoms with van der Waals surface area (Å²) < 4.78 is 17.8. The first-order valence-corrected chi connectivity index (χ1v) is 8.31. The van der Waals surface area contributed by atoms with Gasteiger partial charge in [0, 0.05) is 6.16 Å². The van der Waals surface area contributed by atoms with E-state index in [-0.39, 0.29) is 6.29 Å². The van der Waals surface area contributed by atoms with E-state index in [1.54, 1.807) is 0 Å². The average molecular weight is 267 g/mol. The Labute approximate surface area is 109 Å². The monoisotopic (exact) mass is 267 g/mol. The Morgan fingerprint density at radius 2 is 2.00 bits per heavy atom. The van der Waals surface area contributed by atoms with Gasteiger partial charge in [-0.25, -0.2) is 0 Å². The number of hydrogen-bond acceptors (Lipinski definition) is 3. The lowest BCUT2D eigenvalue weighted by Gasteiger charge is -2.15. The summed E-state index contributed by atoms with van der Waals surface area (Å²) in [5.74, 6) is 0. The van der Waals surface area contributed by atoms with Crippen LogP contribution in [0.15, 0.2) is 42.5 Å². The molecule has 1 aromatic rings. The maximum absolute atomic E-state index is 12.3. The standard InChI is InChI=1S/C14H22NO2P/c1-2-3-4-8-11-18(16,13-15)17-12-14-9-6-5-7-10-14/h4-10H,2-3,11-13,15H2,1H3/b8-4+. The van der Waals surface area contributed by atoms with Crippen LogP contribution < -0.4 is 5.73 Å². The van der Waals surface area contributed by atoms with E-state index >= 15 is 0 Å². The largest absolute Gasteiger partial charge is 0.323 e. The van der Waals surface area contributed by atoms with Crippen molar-refractivity contribution in [2.24, 2.45) is 5.73 Å². The lowest BCUT2D eigenvalue weighted by Crippen LogP contribution is -2.06. The summed E-state index contributed by atoms with van der Waals surface area (Å²) in [5, 5.41) is 0. The van der Waals surface area contributed by atoms with E-state index in [2.05, 4.69) is 6.92 Å². The number of nitrogens with two attached hydrogens (primary N) is 1. The molecule has 0 radical (unpaired) electrons. The fourth-order valence-corrected chi connectivity index (χ4v) is 2.68. The van der Waals surface area contributed by atoms with Crippen molar-refractivity contribution in [3.8, 4) is 0 Å². The molecule has 2 N–H and O–H groups in total. The molecular formula is C14H22NO2P. The van der Waals surface area contributed by atoms with Crippen molar-refractivity contribution in [1.82, 2.24) is 0 Å². The molecule has 18 heavy (non-hydrogen) atoms. The highest BCUT2D eigenvalue weighted by Crippen LogP contribution is 2.45. The molecule has 1 atom stereocenters. The molecule has 1 aromatic carbocycles. The highest BCUT2D eigenvalue weighted by atomic mass is 31.2. The number of rotatable bonds is 8. The number of benzene rings is 1. The summed E-state index contributed by atoms with van der Waals surface area (Å²) in [5.41, 5.74) is 6.58. The smallest absolute Gasteiger partial charge is 0.220 e. The van der Waals surface area contributed by atoms with Gasteiger partial charge in [0.15, 0.2) is 0 Å². The van der Waals surface area contributed by atoms with Gasteiger partial charge < -0.3 is 10.3 Å². The molecule has 0 aromatic heterocycles. The van der Waals surface area contributed by atoms with Crippen molar-refractivity contribution in [3.63, 3.8) is 0 Å². The Balaban J connectivity index is 2.47. The van der Waals surface area contributed by atoms with Crippen LogP contribution in [0.5, 0.6) is 0 Å². The van der Waals surface area contributed by atoms with Gasteiger partial charge in [0.05, 0.1) is 12.9 Å². The zero-order valence-electron chi connectivity index (χ0n) is 10.9. The maximum atomic E-state index is 12.3. The van der Waals surface area contributed by atoms with E-state index in [1.807, 2.05) is 42.5 Å². The summed E-state index contributed by atoms with van der Waals surface area (Å²) in [6.45, 7) is 2.47. The number of allylic oxidation sites excluding steroid dienone is 2. The Kier molecular flexibility index (Phi) is 6.96. The first-order chi connectivity index (χ1) is 8.70. The molecule has 3 nitrogen and oxygen atoms in total. The van der Waals surface area contributed by atoms with E-state index in [1.165, 1.54) is 0 Å². The Bertz CT molecular complexity index is 404. The molecule has 1 unspecified atom stereocenters. The van der Waals surface area contributed by atoms with E-state index in [0.29, 0.717) is 12.8 Å². The van der Waals surface area contributed by atoms with E-state index < -0.39 is 7.37 Å². The second-order valence-electron chi connectivity index (χ2n) is 4.20. The van der Waals surface area contributed by atoms with Crippen LogP contribution in [0.3, 0.4) is 0 Å². The predicted molar refractivity (Wildman–Crippen MR) is 76.8 cm³/mol. The minimum atomic E-state index is -2.71. The Morgan fingerprint density at radius 1 is 1.28 bits per heavy atom. The molecule has 0 saturated carbocycles. The van der Waals surface area contributed by atoms with E-state index in [4.69, 9.17) is 10.3 Å². The van der Waals surface area contributed by atoms with Gasteiger partial charge in [-0.15, -0.1) is 0 Å². The SMILES string of the molecule is CCC/C=C/CP(=O)(CN)OCc1ccccc1. The third kappa shape index (κ3) is 5.63. The summed E-state index contributed by atoms with van der Waals surface area (Å²) in [6, 6.07) is 9.72. The highest BCUT2D eigenvalue weighted by Gasteiger charge is 2.19. The molecule has 1 rings (SSSR count). The van der Waals surface area contributed by atoms with E-state index in [0.717, 1.165) is 18.4 Å². The molecule has 0 fully saturated rings. The van der Waals surface area contributed by atoms with Crippen LogP contribution in [0.4, 0.5) is 0 Å². The van der Waals surface area contributed by atoms with Crippen LogP contribution >= 0.6 is 7.37 Å². The third-order valence-corrected chi connectivity index (χ3v) is 4.52. The minimum Gasteiger partial charge on any atom is -0.323 e. The van der Waals surface area contributed by atoms with Gasteiger partial charge in [-0.1, -0.05) is 55.8 Å². The molecule has 0 bridgehead atoms. The predicted octanol–water partition coefficient (Wildman–Crippen LogP) is 3.75. The summed E-state index contributed by atoms with van der Waals surface area (Å²) >= 11 is 0. The van der Waals surface area contributed by atoms with Gasteiger partial charge >= 0.3 is 0 Å². The van der Waals surface area contributed by atoms with Gasteiger partial charge in [-0.2, -0.15) is 0 Å². The zero-order chi connectivity index (χ0) is 13.3. The molecule has 0 saturated heterocycles. The van der Waals surface area contributed by atoms with Crippen molar-refractivity contribution in [2.45, 2.75) is 26.4 Å². The van der Waals surface area contributed by atoms with Gasteiger partial charge in [-0.3, -0.25) is 4.57 Å². The summed E-state index contributed by atoms with van der Waals surface area (Å²) in [6.07, 6.45) is 6.57.